The van der Waals surface area contributed by atoms with Crippen molar-refractivity contribution >= 4 is 35.9 Å². The third-order valence-corrected chi connectivity index (χ3v) is 5.94. The molecule has 7 nitrogen and oxygen atoms in total. The molecule has 4 amide bonds. The van der Waals surface area contributed by atoms with E-state index >= 15 is 0 Å². The summed E-state index contributed by atoms with van der Waals surface area (Å²) in [5.41, 5.74) is 0.842. The Labute approximate surface area is 178 Å². The predicted molar refractivity (Wildman–Crippen MR) is 115 cm³/mol. The van der Waals surface area contributed by atoms with Crippen LogP contribution in [0.3, 0.4) is 0 Å². The Kier molecular flexibility index (Phi) is 8.05. The van der Waals surface area contributed by atoms with Gasteiger partial charge in [0.1, 0.15) is 12.1 Å². The van der Waals surface area contributed by atoms with E-state index in [1.807, 2.05) is 31.2 Å². The van der Waals surface area contributed by atoms with E-state index in [1.54, 1.807) is 0 Å². The lowest BCUT2D eigenvalue weighted by Gasteiger charge is -2.34. The molecule has 1 aliphatic carbocycles. The molecule has 3 N–H and O–H groups in total. The lowest BCUT2D eigenvalue weighted by Crippen LogP contribution is -2.49. The Bertz CT molecular complexity index is 747. The van der Waals surface area contributed by atoms with Crippen LogP contribution in [0.2, 0.25) is 0 Å². The van der Waals surface area contributed by atoms with E-state index in [1.165, 1.54) is 0 Å². The van der Waals surface area contributed by atoms with Crippen molar-refractivity contribution < 1.29 is 14.4 Å². The van der Waals surface area contributed by atoms with Crippen LogP contribution >= 0.6 is 12.4 Å². The van der Waals surface area contributed by atoms with Crippen LogP contribution in [-0.4, -0.2) is 41.4 Å². The van der Waals surface area contributed by atoms with Crippen molar-refractivity contribution in [3.05, 3.63) is 29.8 Å². The van der Waals surface area contributed by atoms with Crippen LogP contribution in [0.25, 0.3) is 0 Å². The van der Waals surface area contributed by atoms with E-state index < -0.39 is 11.6 Å². The normalized spacial score (nSPS) is 23.7. The summed E-state index contributed by atoms with van der Waals surface area (Å²) >= 11 is 0. The van der Waals surface area contributed by atoms with Crippen molar-refractivity contribution in [3.8, 4) is 0 Å². The number of rotatable bonds is 7. The van der Waals surface area contributed by atoms with Crippen LogP contribution in [0.5, 0.6) is 0 Å². The minimum absolute atomic E-state index is 0. The number of hydrogen-bond donors (Lipinski definition) is 3. The van der Waals surface area contributed by atoms with Gasteiger partial charge in [-0.05, 0) is 49.8 Å². The molecule has 0 atom stereocenters. The lowest BCUT2D eigenvalue weighted by atomic mass is 9.75. The molecule has 1 saturated carbocycles. The molecule has 2 fully saturated rings. The van der Waals surface area contributed by atoms with Crippen molar-refractivity contribution in [2.24, 2.45) is 5.92 Å². The fraction of sp³-hybridized carbons (Fsp3) is 0.571. The number of anilines is 1. The van der Waals surface area contributed by atoms with Crippen molar-refractivity contribution in [2.45, 2.75) is 58.0 Å². The van der Waals surface area contributed by atoms with Gasteiger partial charge >= 0.3 is 6.03 Å². The largest absolute Gasteiger partial charge is 0.325 e. The van der Waals surface area contributed by atoms with Crippen LogP contribution in [0, 0.1) is 5.92 Å². The van der Waals surface area contributed by atoms with Crippen LogP contribution in [-0.2, 0) is 16.1 Å². The van der Waals surface area contributed by atoms with Gasteiger partial charge < -0.3 is 16.0 Å². The molecule has 3 rings (SSSR count). The van der Waals surface area contributed by atoms with E-state index in [4.69, 9.17) is 0 Å². The second kappa shape index (κ2) is 10.1. The van der Waals surface area contributed by atoms with E-state index in [-0.39, 0.29) is 30.8 Å². The summed E-state index contributed by atoms with van der Waals surface area (Å²) in [6, 6.07) is 7.06. The number of hydrogen-bond acceptors (Lipinski definition) is 4. The molecule has 1 aromatic rings. The van der Waals surface area contributed by atoms with Gasteiger partial charge in [-0.3, -0.25) is 14.5 Å². The molecule has 1 heterocycles. The Hall–Kier alpha value is -2.12. The highest BCUT2D eigenvalue weighted by Gasteiger charge is 2.52. The molecular formula is C21H31ClN4O3. The highest BCUT2D eigenvalue weighted by atomic mass is 35.5. The summed E-state index contributed by atoms with van der Waals surface area (Å²) in [6.07, 6.45) is 4.26. The molecule has 1 aliphatic heterocycles. The Balaban J connectivity index is 0.00000300. The average Bonchev–Trinajstić information content (AvgIpc) is 2.92. The second-order valence-corrected chi connectivity index (χ2v) is 7.74. The number of benzene rings is 1. The topological polar surface area (TPSA) is 90.5 Å². The number of urea groups is 1. The highest BCUT2D eigenvalue weighted by Crippen LogP contribution is 2.37. The number of carbonyl (C=O) groups is 3. The number of amides is 4. The molecule has 29 heavy (non-hydrogen) atoms. The molecule has 1 spiro atoms. The number of nitrogens with zero attached hydrogens (tertiary/aromatic N) is 1. The molecule has 8 heteroatoms. The van der Waals surface area contributed by atoms with E-state index in [0.717, 1.165) is 36.3 Å². The third-order valence-electron chi connectivity index (χ3n) is 5.94. The molecule has 0 aromatic heterocycles. The smallest absolute Gasteiger partial charge is 0.324 e. The average molecular weight is 423 g/mol. The van der Waals surface area contributed by atoms with Crippen LogP contribution in [0.4, 0.5) is 10.5 Å². The first-order valence-corrected chi connectivity index (χ1v) is 10.2. The van der Waals surface area contributed by atoms with Crippen molar-refractivity contribution in [1.82, 2.24) is 15.5 Å². The van der Waals surface area contributed by atoms with Gasteiger partial charge in [0.15, 0.2) is 0 Å². The van der Waals surface area contributed by atoms with Gasteiger partial charge in [0.2, 0.25) is 5.91 Å². The van der Waals surface area contributed by atoms with Crippen LogP contribution < -0.4 is 16.0 Å². The molecule has 0 radical (unpaired) electrons. The molecule has 0 unspecified atom stereocenters. The summed E-state index contributed by atoms with van der Waals surface area (Å²) in [5, 5.41) is 8.94. The summed E-state index contributed by atoms with van der Waals surface area (Å²) in [7, 11) is 0. The van der Waals surface area contributed by atoms with Crippen molar-refractivity contribution in [2.75, 3.05) is 18.4 Å². The van der Waals surface area contributed by atoms with Gasteiger partial charge in [0.05, 0.1) is 0 Å². The maximum Gasteiger partial charge on any atom is 0.325 e. The zero-order valence-corrected chi connectivity index (χ0v) is 17.9. The molecular weight excluding hydrogens is 392 g/mol. The molecule has 1 aromatic carbocycles. The minimum Gasteiger partial charge on any atom is -0.324 e. The fourth-order valence-electron chi connectivity index (χ4n) is 4.13. The first-order valence-electron chi connectivity index (χ1n) is 10.2. The summed E-state index contributed by atoms with van der Waals surface area (Å²) in [5.74, 6) is -0.0178. The zero-order valence-electron chi connectivity index (χ0n) is 17.1. The fourth-order valence-corrected chi connectivity index (χ4v) is 4.13. The minimum atomic E-state index is -0.814. The second-order valence-electron chi connectivity index (χ2n) is 7.74. The summed E-state index contributed by atoms with van der Waals surface area (Å²) in [6.45, 7) is 5.37. The molecule has 1 saturated heterocycles. The first kappa shape index (κ1) is 23.2. The maximum atomic E-state index is 12.9. The Morgan fingerprint density at radius 3 is 2.55 bits per heavy atom. The quantitative estimate of drug-likeness (QED) is 0.589. The van der Waals surface area contributed by atoms with Crippen LogP contribution in [0.1, 0.15) is 51.5 Å². The van der Waals surface area contributed by atoms with Crippen LogP contribution in [0.15, 0.2) is 24.3 Å². The number of para-hydroxylation sites is 1. The number of nitrogens with one attached hydrogen (secondary N) is 3. The van der Waals surface area contributed by atoms with Crippen molar-refractivity contribution in [1.29, 1.82) is 0 Å². The number of imide groups is 1. The monoisotopic (exact) mass is 422 g/mol. The SMILES string of the molecule is CCNCc1ccccc1NC(=O)CN1C(=O)NC2(CCC(CC)CC2)C1=O.Cl. The number of halogens is 1. The van der Waals surface area contributed by atoms with Gasteiger partial charge in [0, 0.05) is 12.2 Å². The highest BCUT2D eigenvalue weighted by molar-refractivity contribution is 6.10. The molecule has 160 valence electrons. The maximum absolute atomic E-state index is 12.9. The molecule has 0 bridgehead atoms. The van der Waals surface area contributed by atoms with E-state index in [2.05, 4.69) is 22.9 Å². The standard InChI is InChI=1S/C21H30N4O3.ClH/c1-3-15-9-11-21(12-10-15)19(27)25(20(28)24-21)14-18(26)23-17-8-6-5-7-16(17)13-22-4-2;/h5-8,15,22H,3-4,9-14H2,1-2H3,(H,23,26)(H,24,28);1H. The lowest BCUT2D eigenvalue weighted by molar-refractivity contribution is -0.135. The van der Waals surface area contributed by atoms with Crippen molar-refractivity contribution in [3.63, 3.8) is 0 Å². The first-order chi connectivity index (χ1) is 13.5. The van der Waals surface area contributed by atoms with Gasteiger partial charge in [-0.25, -0.2) is 4.79 Å². The Morgan fingerprint density at radius 2 is 1.90 bits per heavy atom. The van der Waals surface area contributed by atoms with E-state index in [9.17, 15) is 14.4 Å². The van der Waals surface area contributed by atoms with Gasteiger partial charge in [-0.1, -0.05) is 38.5 Å². The van der Waals surface area contributed by atoms with Gasteiger partial charge in [-0.15, -0.1) is 12.4 Å². The Morgan fingerprint density at radius 1 is 1.21 bits per heavy atom. The molecule has 2 aliphatic rings. The van der Waals surface area contributed by atoms with Gasteiger partial charge in [0.25, 0.3) is 5.91 Å². The van der Waals surface area contributed by atoms with E-state index in [0.29, 0.717) is 31.0 Å². The third kappa shape index (κ3) is 5.08. The summed E-state index contributed by atoms with van der Waals surface area (Å²) in [4.78, 5) is 39.0. The zero-order chi connectivity index (χ0) is 20.1. The van der Waals surface area contributed by atoms with Gasteiger partial charge in [-0.2, -0.15) is 0 Å². The summed E-state index contributed by atoms with van der Waals surface area (Å²) < 4.78 is 0. The number of carbonyl (C=O) groups excluding carboxylic acids is 3. The predicted octanol–water partition coefficient (Wildman–Crippen LogP) is 3.05.